The van der Waals surface area contributed by atoms with Gasteiger partial charge in [-0.15, -0.1) is 0 Å². The molecule has 0 amide bonds. The van der Waals surface area contributed by atoms with Gasteiger partial charge in [0.1, 0.15) is 0 Å². The lowest BCUT2D eigenvalue weighted by Gasteiger charge is -1.97. The number of hydrogen-bond donors (Lipinski definition) is 0. The van der Waals surface area contributed by atoms with Crippen LogP contribution in [0.1, 0.15) is 16.7 Å². The van der Waals surface area contributed by atoms with Gasteiger partial charge < -0.3 is 0 Å². The van der Waals surface area contributed by atoms with E-state index in [2.05, 4.69) is 18.7 Å². The summed E-state index contributed by atoms with van der Waals surface area (Å²) < 4.78 is 0. The van der Waals surface area contributed by atoms with Gasteiger partial charge in [0.05, 0.1) is 11.6 Å². The highest BCUT2D eigenvalue weighted by atomic mass is 14.2. The van der Waals surface area contributed by atoms with Crippen molar-refractivity contribution in [3.05, 3.63) is 47.5 Å². The van der Waals surface area contributed by atoms with Crippen molar-refractivity contribution in [2.24, 2.45) is 0 Å². The quantitative estimate of drug-likeness (QED) is 0.589. The Morgan fingerprint density at radius 1 is 1.45 bits per heavy atom. The Morgan fingerprint density at radius 2 is 2.18 bits per heavy atom. The van der Waals surface area contributed by atoms with Crippen molar-refractivity contribution in [1.82, 2.24) is 0 Å². The van der Waals surface area contributed by atoms with Crippen molar-refractivity contribution >= 4 is 0 Å². The van der Waals surface area contributed by atoms with Crippen LogP contribution in [0.2, 0.25) is 0 Å². The van der Waals surface area contributed by atoms with Crippen LogP contribution in [0.5, 0.6) is 0 Å². The molecule has 0 spiro atoms. The Labute approximate surface area is 66.6 Å². The molecule has 0 saturated carbocycles. The fourth-order valence-electron chi connectivity index (χ4n) is 0.882. The first-order valence-corrected chi connectivity index (χ1v) is 3.32. The van der Waals surface area contributed by atoms with E-state index in [9.17, 15) is 0 Å². The topological polar surface area (TPSA) is 23.8 Å². The maximum atomic E-state index is 8.55. The third-order valence-electron chi connectivity index (χ3n) is 1.56. The first kappa shape index (κ1) is 7.56. The average Bonchev–Trinajstić information content (AvgIpc) is 2.05. The van der Waals surface area contributed by atoms with Crippen LogP contribution in [-0.2, 0) is 0 Å². The summed E-state index contributed by atoms with van der Waals surface area (Å²) in [6, 6.07) is 7.52. The Kier molecular flexibility index (Phi) is 2.08. The maximum absolute atomic E-state index is 8.55. The highest BCUT2D eigenvalue weighted by Crippen LogP contribution is 2.09. The van der Waals surface area contributed by atoms with Crippen molar-refractivity contribution in [2.45, 2.75) is 6.92 Å². The average molecular weight is 142 g/mol. The summed E-state index contributed by atoms with van der Waals surface area (Å²) >= 11 is 0. The number of benzene rings is 1. The van der Waals surface area contributed by atoms with Crippen LogP contribution in [0.4, 0.5) is 0 Å². The second-order valence-electron chi connectivity index (χ2n) is 2.32. The predicted octanol–water partition coefficient (Wildman–Crippen LogP) is 2.20. The zero-order chi connectivity index (χ0) is 8.27. The van der Waals surface area contributed by atoms with Gasteiger partial charge >= 0.3 is 0 Å². The van der Waals surface area contributed by atoms with Crippen LogP contribution >= 0.6 is 0 Å². The van der Waals surface area contributed by atoms with E-state index in [0.717, 1.165) is 11.1 Å². The Morgan fingerprint density at radius 3 is 2.73 bits per heavy atom. The molecule has 0 saturated heterocycles. The van der Waals surface area contributed by atoms with Crippen LogP contribution < -0.4 is 0 Å². The molecule has 0 atom stereocenters. The smallest absolute Gasteiger partial charge is 0.0991 e. The van der Waals surface area contributed by atoms with Gasteiger partial charge in [-0.1, -0.05) is 12.6 Å². The van der Waals surface area contributed by atoms with Crippen molar-refractivity contribution in [3.8, 4) is 6.07 Å². The Balaban J connectivity index is 3.25. The lowest BCUT2D eigenvalue weighted by molar-refractivity contribution is 1.38. The molecular weight excluding hydrogens is 134 g/mol. The molecule has 1 radical (unpaired) electrons. The molecule has 0 fully saturated rings. The zero-order valence-electron chi connectivity index (χ0n) is 6.39. The standard InChI is InChI=1S/C10H8N/c1-3-10-6-9(7-11)5-4-8(10)2/h4-6H,1H2,2H3. The molecular formula is C10H8N. The predicted molar refractivity (Wildman–Crippen MR) is 43.9 cm³/mol. The van der Waals surface area contributed by atoms with E-state index in [1.165, 1.54) is 0 Å². The summed E-state index contributed by atoms with van der Waals surface area (Å²) in [4.78, 5) is 0. The molecule has 0 N–H and O–H groups in total. The van der Waals surface area contributed by atoms with Crippen molar-refractivity contribution in [3.63, 3.8) is 0 Å². The third-order valence-corrected chi connectivity index (χ3v) is 1.56. The normalized spacial score (nSPS) is 8.73. The molecule has 0 aromatic heterocycles. The fourth-order valence-corrected chi connectivity index (χ4v) is 0.882. The fraction of sp³-hybridized carbons (Fsp3) is 0.100. The summed E-state index contributed by atoms with van der Waals surface area (Å²) in [6.07, 6.45) is 2.77. The first-order valence-electron chi connectivity index (χ1n) is 3.32. The van der Waals surface area contributed by atoms with Crippen molar-refractivity contribution < 1.29 is 0 Å². The highest BCUT2D eigenvalue weighted by Gasteiger charge is 1.94. The molecule has 11 heavy (non-hydrogen) atoms. The minimum atomic E-state index is 0.654. The molecule has 1 nitrogen and oxygen atoms in total. The molecule has 0 aliphatic rings. The van der Waals surface area contributed by atoms with Gasteiger partial charge in [0.25, 0.3) is 0 Å². The molecule has 1 aromatic carbocycles. The Bertz CT molecular complexity index is 318. The van der Waals surface area contributed by atoms with E-state index in [0.29, 0.717) is 5.56 Å². The van der Waals surface area contributed by atoms with Gasteiger partial charge in [0.2, 0.25) is 0 Å². The summed E-state index contributed by atoms with van der Waals surface area (Å²) in [5, 5.41) is 8.55. The number of hydrogen-bond acceptors (Lipinski definition) is 1. The summed E-state index contributed by atoms with van der Waals surface area (Å²) in [5.41, 5.74) is 2.66. The highest BCUT2D eigenvalue weighted by molar-refractivity contribution is 5.40. The van der Waals surface area contributed by atoms with E-state index in [1.807, 2.05) is 13.0 Å². The van der Waals surface area contributed by atoms with Crippen molar-refractivity contribution in [1.29, 1.82) is 5.26 Å². The summed E-state index contributed by atoms with van der Waals surface area (Å²) in [6.45, 7) is 5.50. The molecule has 0 bridgehead atoms. The molecule has 0 aliphatic heterocycles. The van der Waals surface area contributed by atoms with Crippen LogP contribution in [0, 0.1) is 24.3 Å². The lowest BCUT2D eigenvalue weighted by Crippen LogP contribution is -1.82. The molecule has 1 rings (SSSR count). The number of rotatable bonds is 1. The molecule has 1 heteroatoms. The Hall–Kier alpha value is -1.55. The van der Waals surface area contributed by atoms with Crippen LogP contribution in [0.15, 0.2) is 24.8 Å². The van der Waals surface area contributed by atoms with E-state index < -0.39 is 0 Å². The number of aryl methyl sites for hydroxylation is 1. The maximum Gasteiger partial charge on any atom is 0.0991 e. The lowest BCUT2D eigenvalue weighted by atomic mass is 10.1. The van der Waals surface area contributed by atoms with Gasteiger partial charge in [0, 0.05) is 0 Å². The number of nitriles is 1. The summed E-state index contributed by atoms with van der Waals surface area (Å²) in [7, 11) is 0. The van der Waals surface area contributed by atoms with Crippen LogP contribution in [0.25, 0.3) is 0 Å². The van der Waals surface area contributed by atoms with Gasteiger partial charge in [-0.3, -0.25) is 0 Å². The minimum Gasteiger partial charge on any atom is -0.192 e. The molecule has 1 aromatic rings. The third kappa shape index (κ3) is 1.47. The van der Waals surface area contributed by atoms with Gasteiger partial charge in [-0.2, -0.15) is 5.26 Å². The van der Waals surface area contributed by atoms with E-state index in [4.69, 9.17) is 5.26 Å². The van der Waals surface area contributed by atoms with Crippen LogP contribution in [-0.4, -0.2) is 0 Å². The molecule has 0 unspecified atom stereocenters. The molecule has 0 aliphatic carbocycles. The first-order chi connectivity index (χ1) is 5.27. The van der Waals surface area contributed by atoms with Gasteiger partial charge in [-0.05, 0) is 36.3 Å². The van der Waals surface area contributed by atoms with E-state index in [-0.39, 0.29) is 0 Å². The summed E-state index contributed by atoms with van der Waals surface area (Å²) in [5.74, 6) is 0. The van der Waals surface area contributed by atoms with E-state index in [1.54, 1.807) is 12.1 Å². The molecule has 0 heterocycles. The molecule has 53 valence electrons. The largest absolute Gasteiger partial charge is 0.192 e. The minimum absolute atomic E-state index is 0.654. The SMILES string of the molecule is C=[C]c1cc(C#N)ccc1C. The monoisotopic (exact) mass is 142 g/mol. The van der Waals surface area contributed by atoms with Crippen molar-refractivity contribution in [2.75, 3.05) is 0 Å². The van der Waals surface area contributed by atoms with E-state index >= 15 is 0 Å². The number of nitrogens with zero attached hydrogens (tertiary/aromatic N) is 1. The van der Waals surface area contributed by atoms with Gasteiger partial charge in [0.15, 0.2) is 0 Å². The second-order valence-corrected chi connectivity index (χ2v) is 2.32. The van der Waals surface area contributed by atoms with Gasteiger partial charge in [-0.25, -0.2) is 0 Å². The van der Waals surface area contributed by atoms with Crippen LogP contribution in [0.3, 0.4) is 0 Å². The second kappa shape index (κ2) is 3.03. The zero-order valence-corrected chi connectivity index (χ0v) is 6.39.